The molecule has 0 radical (unpaired) electrons. The fourth-order valence-electron chi connectivity index (χ4n) is 2.18. The Morgan fingerprint density at radius 1 is 1.37 bits per heavy atom. The molecule has 0 aromatic heterocycles. The van der Waals surface area contributed by atoms with Crippen LogP contribution in [0.15, 0.2) is 4.99 Å². The minimum atomic E-state index is 0. The summed E-state index contributed by atoms with van der Waals surface area (Å²) >= 11 is 0. The molecule has 0 amide bonds. The predicted molar refractivity (Wildman–Crippen MR) is 91.3 cm³/mol. The monoisotopic (exact) mass is 384 g/mol. The van der Waals surface area contributed by atoms with Crippen LogP contribution < -0.4 is 11.1 Å². The molecule has 5 nitrogen and oxygen atoms in total. The fourth-order valence-corrected chi connectivity index (χ4v) is 2.18. The topological polar surface area (TPSA) is 62.9 Å². The van der Waals surface area contributed by atoms with Crippen molar-refractivity contribution >= 4 is 29.9 Å². The maximum absolute atomic E-state index is 5.88. The maximum Gasteiger partial charge on any atom is 0.188 e. The van der Waals surface area contributed by atoms with Gasteiger partial charge in [-0.25, -0.2) is 0 Å². The van der Waals surface area contributed by atoms with E-state index in [4.69, 9.17) is 10.5 Å². The Kier molecular flexibility index (Phi) is 9.72. The molecule has 3 N–H and O–H groups in total. The lowest BCUT2D eigenvalue weighted by atomic mass is 9.89. The van der Waals surface area contributed by atoms with E-state index in [1.165, 1.54) is 6.42 Å². The Balaban J connectivity index is 0.00000324. The van der Waals surface area contributed by atoms with Crippen LogP contribution in [0.5, 0.6) is 0 Å². The van der Waals surface area contributed by atoms with E-state index in [1.807, 2.05) is 0 Å². The summed E-state index contributed by atoms with van der Waals surface area (Å²) in [5.41, 5.74) is 5.99. The summed E-state index contributed by atoms with van der Waals surface area (Å²) in [6.45, 7) is 5.45. The Morgan fingerprint density at radius 3 is 2.53 bits per heavy atom. The van der Waals surface area contributed by atoms with Gasteiger partial charge in [-0.1, -0.05) is 13.3 Å². The van der Waals surface area contributed by atoms with Crippen molar-refractivity contribution in [3.05, 3.63) is 0 Å². The molecular weight excluding hydrogens is 355 g/mol. The number of unbranched alkanes of at least 4 members (excludes halogenated alkanes) is 1. The van der Waals surface area contributed by atoms with Crippen LogP contribution in [0.1, 0.15) is 32.6 Å². The van der Waals surface area contributed by atoms with Gasteiger partial charge < -0.3 is 20.7 Å². The highest BCUT2D eigenvalue weighted by atomic mass is 127. The number of ether oxygens (including phenoxy) is 1. The summed E-state index contributed by atoms with van der Waals surface area (Å²) in [5.74, 6) is 0.566. The second kappa shape index (κ2) is 9.77. The first kappa shape index (κ1) is 18.9. The van der Waals surface area contributed by atoms with E-state index >= 15 is 0 Å². The van der Waals surface area contributed by atoms with E-state index in [0.717, 1.165) is 45.6 Å². The molecule has 0 aromatic rings. The lowest BCUT2D eigenvalue weighted by Crippen LogP contribution is -2.51. The molecule has 0 aromatic carbocycles. The van der Waals surface area contributed by atoms with E-state index in [9.17, 15) is 0 Å². The van der Waals surface area contributed by atoms with E-state index in [2.05, 4.69) is 36.2 Å². The van der Waals surface area contributed by atoms with E-state index < -0.39 is 0 Å². The third-order valence-corrected chi connectivity index (χ3v) is 3.75. The van der Waals surface area contributed by atoms with Gasteiger partial charge in [-0.05, 0) is 33.4 Å². The van der Waals surface area contributed by atoms with Gasteiger partial charge in [-0.15, -0.1) is 24.0 Å². The van der Waals surface area contributed by atoms with Crippen LogP contribution in [0.2, 0.25) is 0 Å². The van der Waals surface area contributed by atoms with E-state index in [-0.39, 0.29) is 29.5 Å². The highest BCUT2D eigenvalue weighted by Crippen LogP contribution is 2.26. The zero-order valence-electron chi connectivity index (χ0n) is 12.4. The van der Waals surface area contributed by atoms with Crippen LogP contribution in [0.4, 0.5) is 0 Å². The summed E-state index contributed by atoms with van der Waals surface area (Å²) < 4.78 is 5.44. The summed E-state index contributed by atoms with van der Waals surface area (Å²) in [5, 5.41) is 3.16. The summed E-state index contributed by atoms with van der Waals surface area (Å²) in [6.07, 6.45) is 4.33. The van der Waals surface area contributed by atoms with Gasteiger partial charge in [0.05, 0.1) is 6.54 Å². The molecule has 114 valence electrons. The van der Waals surface area contributed by atoms with Crippen molar-refractivity contribution in [1.29, 1.82) is 0 Å². The lowest BCUT2D eigenvalue weighted by molar-refractivity contribution is -0.00252. The molecule has 1 aliphatic rings. The van der Waals surface area contributed by atoms with Gasteiger partial charge in [0.25, 0.3) is 0 Å². The second-order valence-corrected chi connectivity index (χ2v) is 5.21. The SMILES string of the molecule is CCCCNC(N)=NCC1(N(C)C)CCOCC1.I. The van der Waals surface area contributed by atoms with Crippen molar-refractivity contribution in [2.75, 3.05) is 40.4 Å². The van der Waals surface area contributed by atoms with Gasteiger partial charge >= 0.3 is 0 Å². The van der Waals surface area contributed by atoms with Gasteiger partial charge in [0, 0.05) is 25.3 Å². The Hall–Kier alpha value is -0.0800. The van der Waals surface area contributed by atoms with Crippen LogP contribution in [-0.4, -0.2) is 56.8 Å². The number of nitrogens with zero attached hydrogens (tertiary/aromatic N) is 2. The molecule has 0 bridgehead atoms. The van der Waals surface area contributed by atoms with E-state index in [0.29, 0.717) is 5.96 Å². The van der Waals surface area contributed by atoms with E-state index in [1.54, 1.807) is 0 Å². The molecule has 1 rings (SSSR count). The number of hydrogen-bond donors (Lipinski definition) is 2. The molecule has 0 spiro atoms. The Bertz CT molecular complexity index is 265. The Labute approximate surface area is 134 Å². The number of likely N-dealkylation sites (N-methyl/N-ethyl adjacent to an activating group) is 1. The van der Waals surface area contributed by atoms with Crippen LogP contribution in [0, 0.1) is 0 Å². The number of nitrogens with one attached hydrogen (secondary N) is 1. The second-order valence-electron chi connectivity index (χ2n) is 5.21. The predicted octanol–water partition coefficient (Wildman–Crippen LogP) is 1.42. The molecule has 0 unspecified atom stereocenters. The molecule has 19 heavy (non-hydrogen) atoms. The molecular formula is C13H29IN4O. The first-order valence-electron chi connectivity index (χ1n) is 6.90. The number of rotatable bonds is 6. The van der Waals surface area contributed by atoms with Crippen LogP contribution in [0.3, 0.4) is 0 Å². The van der Waals surface area contributed by atoms with Crippen molar-refractivity contribution in [3.8, 4) is 0 Å². The van der Waals surface area contributed by atoms with Crippen LogP contribution in [-0.2, 0) is 4.74 Å². The third kappa shape index (κ3) is 6.27. The minimum Gasteiger partial charge on any atom is -0.381 e. The number of hydrogen-bond acceptors (Lipinski definition) is 3. The van der Waals surface area contributed by atoms with Crippen molar-refractivity contribution in [3.63, 3.8) is 0 Å². The molecule has 0 atom stereocenters. The van der Waals surface area contributed by atoms with Gasteiger partial charge in [0.2, 0.25) is 0 Å². The van der Waals surface area contributed by atoms with Crippen molar-refractivity contribution in [2.45, 2.75) is 38.1 Å². The summed E-state index contributed by atoms with van der Waals surface area (Å²) in [7, 11) is 4.23. The maximum atomic E-state index is 5.88. The standard InChI is InChI=1S/C13H28N4O.HI/c1-4-5-8-15-12(14)16-11-13(17(2)3)6-9-18-10-7-13;/h4-11H2,1-3H3,(H3,14,15,16);1H. The largest absolute Gasteiger partial charge is 0.381 e. The van der Waals surface area contributed by atoms with Crippen LogP contribution >= 0.6 is 24.0 Å². The highest BCUT2D eigenvalue weighted by molar-refractivity contribution is 14.0. The fraction of sp³-hybridized carbons (Fsp3) is 0.923. The highest BCUT2D eigenvalue weighted by Gasteiger charge is 2.34. The molecule has 0 aliphatic carbocycles. The quantitative estimate of drug-likeness (QED) is 0.315. The Morgan fingerprint density at radius 2 is 2.00 bits per heavy atom. The molecule has 1 saturated heterocycles. The first-order valence-corrected chi connectivity index (χ1v) is 6.90. The third-order valence-electron chi connectivity index (χ3n) is 3.75. The van der Waals surface area contributed by atoms with Gasteiger partial charge in [0.15, 0.2) is 5.96 Å². The van der Waals surface area contributed by atoms with Gasteiger partial charge in [0.1, 0.15) is 0 Å². The number of nitrogens with two attached hydrogens (primary N) is 1. The smallest absolute Gasteiger partial charge is 0.188 e. The molecule has 1 heterocycles. The van der Waals surface area contributed by atoms with Gasteiger partial charge in [-0.3, -0.25) is 4.99 Å². The first-order chi connectivity index (χ1) is 8.60. The lowest BCUT2D eigenvalue weighted by Gasteiger charge is -2.41. The normalized spacial score (nSPS) is 19.1. The average Bonchev–Trinajstić information content (AvgIpc) is 2.37. The molecule has 1 fully saturated rings. The number of aliphatic imine (C=N–C) groups is 1. The van der Waals surface area contributed by atoms with Crippen LogP contribution in [0.25, 0.3) is 0 Å². The zero-order valence-corrected chi connectivity index (χ0v) is 14.8. The van der Waals surface area contributed by atoms with Crippen molar-refractivity contribution < 1.29 is 4.74 Å². The number of halogens is 1. The summed E-state index contributed by atoms with van der Waals surface area (Å²) in [6, 6.07) is 0. The summed E-state index contributed by atoms with van der Waals surface area (Å²) in [4.78, 5) is 6.76. The molecule has 0 saturated carbocycles. The zero-order chi connectivity index (χ0) is 13.4. The van der Waals surface area contributed by atoms with Gasteiger partial charge in [-0.2, -0.15) is 0 Å². The molecule has 1 aliphatic heterocycles. The average molecular weight is 384 g/mol. The number of guanidine groups is 1. The minimum absolute atomic E-state index is 0. The van der Waals surface area contributed by atoms with Crippen molar-refractivity contribution in [2.24, 2.45) is 10.7 Å². The van der Waals surface area contributed by atoms with Crippen molar-refractivity contribution in [1.82, 2.24) is 10.2 Å². The molecule has 6 heteroatoms.